The maximum absolute atomic E-state index is 3.61. The molecular formula is C15H22N2S. The Morgan fingerprint density at radius 2 is 2.00 bits per heavy atom. The zero-order valence-corrected chi connectivity index (χ0v) is 12.7. The Kier molecular flexibility index (Phi) is 3.93. The zero-order chi connectivity index (χ0) is 13.3. The molecule has 0 aliphatic rings. The molecule has 2 nitrogen and oxygen atoms in total. The first-order valence-corrected chi connectivity index (χ1v) is 7.22. The van der Waals surface area contributed by atoms with Crippen molar-refractivity contribution in [2.24, 2.45) is 7.05 Å². The van der Waals surface area contributed by atoms with Gasteiger partial charge in [-0.25, -0.2) is 0 Å². The summed E-state index contributed by atoms with van der Waals surface area (Å²) in [5.41, 5.74) is 4.08. The highest BCUT2D eigenvalue weighted by Gasteiger charge is 2.10. The van der Waals surface area contributed by atoms with Crippen molar-refractivity contribution in [3.8, 4) is 0 Å². The lowest BCUT2D eigenvalue weighted by Gasteiger charge is -2.12. The van der Waals surface area contributed by atoms with E-state index in [1.165, 1.54) is 26.7 Å². The van der Waals surface area contributed by atoms with Crippen LogP contribution in [0.1, 0.15) is 39.7 Å². The van der Waals surface area contributed by atoms with E-state index in [0.717, 1.165) is 6.54 Å². The summed E-state index contributed by atoms with van der Waals surface area (Å²) in [7, 11) is 2.13. The summed E-state index contributed by atoms with van der Waals surface area (Å²) >= 11 is 1.88. The van der Waals surface area contributed by atoms with Crippen molar-refractivity contribution < 1.29 is 0 Å². The summed E-state index contributed by atoms with van der Waals surface area (Å²) in [6, 6.07) is 7.11. The smallest absolute Gasteiger partial charge is 0.0388 e. The molecule has 98 valence electrons. The second-order valence-electron chi connectivity index (χ2n) is 5.01. The summed E-state index contributed by atoms with van der Waals surface area (Å²) in [6.07, 6.45) is 0. The second-order valence-corrected chi connectivity index (χ2v) is 6.33. The number of aromatic nitrogens is 1. The highest BCUT2D eigenvalue weighted by atomic mass is 32.1. The van der Waals surface area contributed by atoms with Gasteiger partial charge in [-0.2, -0.15) is 0 Å². The summed E-state index contributed by atoms with van der Waals surface area (Å²) < 4.78 is 2.25. The van der Waals surface area contributed by atoms with Gasteiger partial charge in [0.05, 0.1) is 0 Å². The van der Waals surface area contributed by atoms with Gasteiger partial charge in [-0.15, -0.1) is 11.3 Å². The molecular weight excluding hydrogens is 240 g/mol. The Morgan fingerprint density at radius 1 is 1.28 bits per heavy atom. The number of rotatable bonds is 4. The first kappa shape index (κ1) is 13.4. The van der Waals surface area contributed by atoms with Gasteiger partial charge in [0.15, 0.2) is 0 Å². The molecule has 1 unspecified atom stereocenters. The highest BCUT2D eigenvalue weighted by molar-refractivity contribution is 7.12. The molecule has 3 heteroatoms. The van der Waals surface area contributed by atoms with E-state index in [2.05, 4.69) is 62.8 Å². The van der Waals surface area contributed by atoms with Crippen molar-refractivity contribution in [1.82, 2.24) is 9.88 Å². The molecule has 0 aliphatic heterocycles. The predicted octanol–water partition coefficient (Wildman–Crippen LogP) is 3.86. The number of nitrogens with zero attached hydrogens (tertiary/aromatic N) is 1. The monoisotopic (exact) mass is 262 g/mol. The molecule has 2 aromatic heterocycles. The van der Waals surface area contributed by atoms with Crippen LogP contribution in [0.2, 0.25) is 0 Å². The first-order chi connectivity index (χ1) is 8.49. The van der Waals surface area contributed by atoms with E-state index in [-0.39, 0.29) is 0 Å². The Hall–Kier alpha value is -1.06. The van der Waals surface area contributed by atoms with Crippen molar-refractivity contribution in [2.45, 2.75) is 40.3 Å². The summed E-state index contributed by atoms with van der Waals surface area (Å²) in [5, 5.41) is 3.61. The molecule has 2 aromatic rings. The van der Waals surface area contributed by atoms with Crippen LogP contribution >= 0.6 is 11.3 Å². The molecule has 0 spiro atoms. The fraction of sp³-hybridized carbons (Fsp3) is 0.467. The van der Waals surface area contributed by atoms with Crippen molar-refractivity contribution >= 4 is 11.3 Å². The van der Waals surface area contributed by atoms with E-state index in [9.17, 15) is 0 Å². The van der Waals surface area contributed by atoms with Gasteiger partial charge in [-0.3, -0.25) is 0 Å². The largest absolute Gasteiger partial charge is 0.352 e. The standard InChI is InChI=1S/C15H22N2S/c1-10-8-14(13(4)17(10)5)9-16-12(3)15-7-6-11(2)18-15/h6-8,12,16H,9H2,1-5H3. The maximum Gasteiger partial charge on any atom is 0.0388 e. The van der Waals surface area contributed by atoms with Gasteiger partial charge in [0.25, 0.3) is 0 Å². The highest BCUT2D eigenvalue weighted by Crippen LogP contribution is 2.23. The van der Waals surface area contributed by atoms with E-state index in [0.29, 0.717) is 6.04 Å². The van der Waals surface area contributed by atoms with Crippen LogP contribution in [0.5, 0.6) is 0 Å². The quantitative estimate of drug-likeness (QED) is 0.885. The number of aryl methyl sites for hydroxylation is 2. The van der Waals surface area contributed by atoms with E-state index in [1.807, 2.05) is 11.3 Å². The second kappa shape index (κ2) is 5.29. The molecule has 0 aromatic carbocycles. The van der Waals surface area contributed by atoms with Gasteiger partial charge in [-0.1, -0.05) is 0 Å². The number of nitrogens with one attached hydrogen (secondary N) is 1. The fourth-order valence-corrected chi connectivity index (χ4v) is 3.07. The average molecular weight is 262 g/mol. The fourth-order valence-electron chi connectivity index (χ4n) is 2.16. The van der Waals surface area contributed by atoms with E-state index >= 15 is 0 Å². The zero-order valence-electron chi connectivity index (χ0n) is 11.9. The van der Waals surface area contributed by atoms with Gasteiger partial charge in [0, 0.05) is 40.8 Å². The predicted molar refractivity (Wildman–Crippen MR) is 79.2 cm³/mol. The molecule has 0 amide bonds. The van der Waals surface area contributed by atoms with Crippen LogP contribution in [-0.4, -0.2) is 4.57 Å². The molecule has 0 aliphatic carbocycles. The topological polar surface area (TPSA) is 17.0 Å². The van der Waals surface area contributed by atoms with Gasteiger partial charge in [0.1, 0.15) is 0 Å². The van der Waals surface area contributed by atoms with E-state index in [1.54, 1.807) is 0 Å². The average Bonchev–Trinajstić information content (AvgIpc) is 2.87. The number of hydrogen-bond donors (Lipinski definition) is 1. The van der Waals surface area contributed by atoms with Crippen LogP contribution < -0.4 is 5.32 Å². The van der Waals surface area contributed by atoms with Crippen LogP contribution in [0.4, 0.5) is 0 Å². The van der Waals surface area contributed by atoms with Crippen LogP contribution in [0, 0.1) is 20.8 Å². The third kappa shape index (κ3) is 2.68. The van der Waals surface area contributed by atoms with Crippen LogP contribution in [0.15, 0.2) is 18.2 Å². The maximum atomic E-state index is 3.61. The van der Waals surface area contributed by atoms with Gasteiger partial charge in [0.2, 0.25) is 0 Å². The molecule has 1 N–H and O–H groups in total. The van der Waals surface area contributed by atoms with Crippen molar-refractivity contribution in [1.29, 1.82) is 0 Å². The molecule has 0 saturated carbocycles. The van der Waals surface area contributed by atoms with Gasteiger partial charge in [-0.05, 0) is 51.5 Å². The van der Waals surface area contributed by atoms with Crippen molar-refractivity contribution in [3.05, 3.63) is 44.9 Å². The Balaban J connectivity index is 2.01. The van der Waals surface area contributed by atoms with Crippen LogP contribution in [-0.2, 0) is 13.6 Å². The lowest BCUT2D eigenvalue weighted by atomic mass is 10.2. The van der Waals surface area contributed by atoms with Crippen molar-refractivity contribution in [2.75, 3.05) is 0 Å². The lowest BCUT2D eigenvalue weighted by Crippen LogP contribution is -2.17. The van der Waals surface area contributed by atoms with E-state index in [4.69, 9.17) is 0 Å². The van der Waals surface area contributed by atoms with E-state index < -0.39 is 0 Å². The Bertz CT molecular complexity index is 537. The molecule has 18 heavy (non-hydrogen) atoms. The molecule has 0 bridgehead atoms. The molecule has 2 heterocycles. The van der Waals surface area contributed by atoms with Gasteiger partial charge >= 0.3 is 0 Å². The molecule has 0 radical (unpaired) electrons. The molecule has 0 saturated heterocycles. The minimum Gasteiger partial charge on any atom is -0.352 e. The minimum atomic E-state index is 0.420. The van der Waals surface area contributed by atoms with Crippen LogP contribution in [0.3, 0.4) is 0 Å². The first-order valence-electron chi connectivity index (χ1n) is 6.40. The molecule has 0 fully saturated rings. The lowest BCUT2D eigenvalue weighted by molar-refractivity contribution is 0.580. The SMILES string of the molecule is Cc1ccc(C(C)NCc2cc(C)n(C)c2C)s1. The normalized spacial score (nSPS) is 12.9. The number of hydrogen-bond acceptors (Lipinski definition) is 2. The molecule has 1 atom stereocenters. The summed E-state index contributed by atoms with van der Waals surface area (Å²) in [4.78, 5) is 2.79. The van der Waals surface area contributed by atoms with Crippen molar-refractivity contribution in [3.63, 3.8) is 0 Å². The number of thiophene rings is 1. The third-order valence-electron chi connectivity index (χ3n) is 3.67. The van der Waals surface area contributed by atoms with Crippen LogP contribution in [0.25, 0.3) is 0 Å². The third-order valence-corrected chi connectivity index (χ3v) is 4.85. The minimum absolute atomic E-state index is 0.420. The summed E-state index contributed by atoms with van der Waals surface area (Å²) in [5.74, 6) is 0. The Labute approximate surface area is 114 Å². The molecule has 2 rings (SSSR count). The Morgan fingerprint density at radius 3 is 2.50 bits per heavy atom. The van der Waals surface area contributed by atoms with Gasteiger partial charge < -0.3 is 9.88 Å². The summed E-state index contributed by atoms with van der Waals surface area (Å²) in [6.45, 7) is 9.67.